The smallest absolute Gasteiger partial charge is 0.323 e. The molecule has 0 spiro atoms. The highest BCUT2D eigenvalue weighted by molar-refractivity contribution is 5.78. The molecular formula is C14H28N2O2. The number of nitrogens with zero attached hydrogens (tertiary/aromatic N) is 1. The van der Waals surface area contributed by atoms with Crippen molar-refractivity contribution in [3.8, 4) is 0 Å². The van der Waals surface area contributed by atoms with Gasteiger partial charge in [-0.25, -0.2) is 0 Å². The van der Waals surface area contributed by atoms with Crippen LogP contribution in [0.25, 0.3) is 0 Å². The molecule has 0 aliphatic carbocycles. The molecule has 0 aromatic heterocycles. The molecule has 1 aliphatic heterocycles. The van der Waals surface area contributed by atoms with Crippen molar-refractivity contribution in [3.63, 3.8) is 0 Å². The second-order valence-corrected chi connectivity index (χ2v) is 6.03. The molecule has 0 aromatic rings. The summed E-state index contributed by atoms with van der Waals surface area (Å²) < 4.78 is 0. The summed E-state index contributed by atoms with van der Waals surface area (Å²) in [6.45, 7) is 12.2. The highest BCUT2D eigenvalue weighted by atomic mass is 16.4. The number of carbonyl (C=O) groups is 1. The van der Waals surface area contributed by atoms with Gasteiger partial charge in [-0.05, 0) is 38.1 Å². The minimum Gasteiger partial charge on any atom is -0.480 e. The molecule has 1 rings (SSSR count). The second kappa shape index (κ2) is 6.53. The number of carboxylic acids is 1. The Hall–Kier alpha value is -0.610. The summed E-state index contributed by atoms with van der Waals surface area (Å²) in [5.74, 6) is 0.714. The van der Waals surface area contributed by atoms with Crippen molar-refractivity contribution in [2.75, 3.05) is 26.2 Å². The van der Waals surface area contributed by atoms with Gasteiger partial charge in [0.05, 0.1) is 0 Å². The molecule has 1 aliphatic rings. The van der Waals surface area contributed by atoms with Crippen LogP contribution in [0.3, 0.4) is 0 Å². The monoisotopic (exact) mass is 256 g/mol. The maximum Gasteiger partial charge on any atom is 0.323 e. The number of carboxylic acid groups (broad SMARTS) is 1. The van der Waals surface area contributed by atoms with Crippen LogP contribution in [0.15, 0.2) is 0 Å². The molecule has 0 aromatic carbocycles. The number of rotatable bonds is 7. The molecule has 1 fully saturated rings. The van der Waals surface area contributed by atoms with Crippen molar-refractivity contribution in [1.29, 1.82) is 0 Å². The van der Waals surface area contributed by atoms with Crippen molar-refractivity contribution >= 4 is 5.97 Å². The van der Waals surface area contributed by atoms with Gasteiger partial charge in [-0.2, -0.15) is 0 Å². The Bertz CT molecular complexity index is 273. The first kappa shape index (κ1) is 15.4. The summed E-state index contributed by atoms with van der Waals surface area (Å²) in [6, 6.07) is 0. The number of likely N-dealkylation sites (tertiary alicyclic amines) is 1. The predicted octanol–water partition coefficient (Wildman–Crippen LogP) is 1.81. The fourth-order valence-electron chi connectivity index (χ4n) is 2.49. The molecule has 4 nitrogen and oxygen atoms in total. The number of hydrogen-bond acceptors (Lipinski definition) is 3. The molecule has 0 amide bonds. The summed E-state index contributed by atoms with van der Waals surface area (Å²) in [4.78, 5) is 13.8. The second-order valence-electron chi connectivity index (χ2n) is 6.03. The fourth-order valence-corrected chi connectivity index (χ4v) is 2.49. The first-order chi connectivity index (χ1) is 8.39. The van der Waals surface area contributed by atoms with Gasteiger partial charge in [0.15, 0.2) is 0 Å². The minimum absolute atomic E-state index is 0.668. The van der Waals surface area contributed by atoms with Gasteiger partial charge >= 0.3 is 5.97 Å². The number of aliphatic carboxylic acids is 1. The van der Waals surface area contributed by atoms with Gasteiger partial charge in [0.1, 0.15) is 5.54 Å². The number of nitrogens with one attached hydrogen (secondary N) is 1. The largest absolute Gasteiger partial charge is 0.480 e. The van der Waals surface area contributed by atoms with E-state index in [0.717, 1.165) is 44.4 Å². The van der Waals surface area contributed by atoms with Crippen LogP contribution >= 0.6 is 0 Å². The SMILES string of the molecule is CCCNC(C)(CCN1CC(C)C(C)C1)C(=O)O. The van der Waals surface area contributed by atoms with Crippen LogP contribution < -0.4 is 5.32 Å². The highest BCUT2D eigenvalue weighted by Crippen LogP contribution is 2.23. The van der Waals surface area contributed by atoms with E-state index in [1.165, 1.54) is 0 Å². The third-order valence-corrected chi connectivity index (χ3v) is 4.23. The van der Waals surface area contributed by atoms with Crippen LogP contribution in [0.2, 0.25) is 0 Å². The molecule has 0 saturated carbocycles. The molecule has 3 atom stereocenters. The number of hydrogen-bond donors (Lipinski definition) is 2. The van der Waals surface area contributed by atoms with Gasteiger partial charge < -0.3 is 15.3 Å². The average molecular weight is 256 g/mol. The molecule has 3 unspecified atom stereocenters. The maximum absolute atomic E-state index is 11.4. The zero-order chi connectivity index (χ0) is 13.8. The van der Waals surface area contributed by atoms with Crippen molar-refractivity contribution in [2.45, 2.75) is 46.1 Å². The van der Waals surface area contributed by atoms with Gasteiger partial charge in [0, 0.05) is 19.6 Å². The van der Waals surface area contributed by atoms with Gasteiger partial charge in [-0.15, -0.1) is 0 Å². The molecule has 0 radical (unpaired) electrons. The lowest BCUT2D eigenvalue weighted by Crippen LogP contribution is -2.51. The van der Waals surface area contributed by atoms with E-state index in [2.05, 4.69) is 31.0 Å². The molecule has 106 valence electrons. The summed E-state index contributed by atoms with van der Waals surface area (Å²) >= 11 is 0. The minimum atomic E-state index is -0.787. The molecule has 1 saturated heterocycles. The van der Waals surface area contributed by atoms with Gasteiger partial charge in [0.25, 0.3) is 0 Å². The van der Waals surface area contributed by atoms with Crippen molar-refractivity contribution in [3.05, 3.63) is 0 Å². The summed E-state index contributed by atoms with van der Waals surface area (Å²) in [6.07, 6.45) is 1.63. The van der Waals surface area contributed by atoms with Crippen molar-refractivity contribution in [1.82, 2.24) is 10.2 Å². The first-order valence-corrected chi connectivity index (χ1v) is 7.10. The lowest BCUT2D eigenvalue weighted by Gasteiger charge is -2.28. The van der Waals surface area contributed by atoms with Gasteiger partial charge in [-0.1, -0.05) is 20.8 Å². The van der Waals surface area contributed by atoms with Crippen LogP contribution in [0.4, 0.5) is 0 Å². The Kier molecular flexibility index (Phi) is 5.60. The molecule has 1 heterocycles. The van der Waals surface area contributed by atoms with E-state index >= 15 is 0 Å². The van der Waals surface area contributed by atoms with E-state index in [0.29, 0.717) is 6.42 Å². The Balaban J connectivity index is 2.45. The van der Waals surface area contributed by atoms with Crippen LogP contribution in [0.5, 0.6) is 0 Å². The van der Waals surface area contributed by atoms with E-state index in [1.807, 2.05) is 0 Å². The van der Waals surface area contributed by atoms with Crippen LogP contribution in [-0.2, 0) is 4.79 Å². The Morgan fingerprint density at radius 1 is 1.39 bits per heavy atom. The Morgan fingerprint density at radius 2 is 1.94 bits per heavy atom. The first-order valence-electron chi connectivity index (χ1n) is 7.10. The van der Waals surface area contributed by atoms with E-state index < -0.39 is 11.5 Å². The predicted molar refractivity (Wildman–Crippen MR) is 73.7 cm³/mol. The van der Waals surface area contributed by atoms with E-state index in [4.69, 9.17) is 0 Å². The topological polar surface area (TPSA) is 52.6 Å². The Morgan fingerprint density at radius 3 is 2.39 bits per heavy atom. The van der Waals surface area contributed by atoms with Crippen LogP contribution in [0, 0.1) is 11.8 Å². The Labute approximate surface area is 111 Å². The lowest BCUT2D eigenvalue weighted by molar-refractivity contribution is -0.144. The highest BCUT2D eigenvalue weighted by Gasteiger charge is 2.34. The van der Waals surface area contributed by atoms with Crippen LogP contribution in [0.1, 0.15) is 40.5 Å². The lowest BCUT2D eigenvalue weighted by atomic mass is 9.97. The van der Waals surface area contributed by atoms with E-state index in [9.17, 15) is 9.90 Å². The normalized spacial score (nSPS) is 28.2. The van der Waals surface area contributed by atoms with E-state index in [-0.39, 0.29) is 0 Å². The molecule has 0 bridgehead atoms. The van der Waals surface area contributed by atoms with Crippen molar-refractivity contribution in [2.24, 2.45) is 11.8 Å². The zero-order valence-corrected chi connectivity index (χ0v) is 12.2. The molecule has 18 heavy (non-hydrogen) atoms. The summed E-state index contributed by atoms with van der Waals surface area (Å²) in [5.41, 5.74) is -0.787. The summed E-state index contributed by atoms with van der Waals surface area (Å²) in [7, 11) is 0. The fraction of sp³-hybridized carbons (Fsp3) is 0.929. The van der Waals surface area contributed by atoms with E-state index in [1.54, 1.807) is 6.92 Å². The molecular weight excluding hydrogens is 228 g/mol. The summed E-state index contributed by atoms with van der Waals surface area (Å²) in [5, 5.41) is 12.5. The third-order valence-electron chi connectivity index (χ3n) is 4.23. The van der Waals surface area contributed by atoms with Crippen molar-refractivity contribution < 1.29 is 9.90 Å². The molecule has 2 N–H and O–H groups in total. The third kappa shape index (κ3) is 3.95. The quantitative estimate of drug-likeness (QED) is 0.729. The standard InChI is InChI=1S/C14H28N2O2/c1-5-7-15-14(4,13(17)18)6-8-16-9-11(2)12(3)10-16/h11-12,15H,5-10H2,1-4H3,(H,17,18). The average Bonchev–Trinajstić information content (AvgIpc) is 2.63. The van der Waals surface area contributed by atoms with Gasteiger partial charge in [0.2, 0.25) is 0 Å². The molecule has 4 heteroatoms. The maximum atomic E-state index is 11.4. The van der Waals surface area contributed by atoms with Crippen LogP contribution in [-0.4, -0.2) is 47.7 Å². The van der Waals surface area contributed by atoms with Gasteiger partial charge in [-0.3, -0.25) is 4.79 Å². The zero-order valence-electron chi connectivity index (χ0n) is 12.2.